The summed E-state index contributed by atoms with van der Waals surface area (Å²) in [5.41, 5.74) is 4.53. The minimum atomic E-state index is -0.0835. The molecule has 0 radical (unpaired) electrons. The Morgan fingerprint density at radius 1 is 1.19 bits per heavy atom. The Morgan fingerprint density at radius 2 is 1.81 bits per heavy atom. The molecule has 1 amide bonds. The van der Waals surface area contributed by atoms with Crippen molar-refractivity contribution >= 4 is 24.0 Å². The van der Waals surface area contributed by atoms with Gasteiger partial charge in [0, 0.05) is 13.3 Å². The number of halogens is 1. The SMILES string of the molecule is CCc1cccc(CC)c1N(COC)C(=O)Cn1ccc(C)cc1=N.Cl. The van der Waals surface area contributed by atoms with Crippen LogP contribution < -0.4 is 10.4 Å². The first-order valence-electron chi connectivity index (χ1n) is 8.63. The summed E-state index contributed by atoms with van der Waals surface area (Å²) in [7, 11) is 1.59. The number of ether oxygens (including phenoxy) is 1. The average Bonchev–Trinajstić information content (AvgIpc) is 2.61. The summed E-state index contributed by atoms with van der Waals surface area (Å²) in [4.78, 5) is 14.7. The maximum Gasteiger partial charge on any atom is 0.248 e. The molecule has 26 heavy (non-hydrogen) atoms. The van der Waals surface area contributed by atoms with Gasteiger partial charge in [-0.3, -0.25) is 15.1 Å². The lowest BCUT2D eigenvalue weighted by Crippen LogP contribution is -2.38. The van der Waals surface area contributed by atoms with E-state index >= 15 is 0 Å². The number of rotatable bonds is 7. The van der Waals surface area contributed by atoms with Crippen molar-refractivity contribution in [3.63, 3.8) is 0 Å². The van der Waals surface area contributed by atoms with E-state index in [1.807, 2.05) is 19.1 Å². The van der Waals surface area contributed by atoms with Gasteiger partial charge in [0.15, 0.2) is 0 Å². The van der Waals surface area contributed by atoms with Gasteiger partial charge >= 0.3 is 0 Å². The summed E-state index contributed by atoms with van der Waals surface area (Å²) in [6.07, 6.45) is 3.48. The van der Waals surface area contributed by atoms with E-state index in [0.717, 1.165) is 35.2 Å². The molecular formula is C20H28ClN3O2. The zero-order valence-corrected chi connectivity index (χ0v) is 16.7. The number of nitrogens with one attached hydrogen (secondary N) is 1. The lowest BCUT2D eigenvalue weighted by atomic mass is 10.0. The van der Waals surface area contributed by atoms with Crippen LogP contribution in [-0.2, 0) is 28.9 Å². The van der Waals surface area contributed by atoms with Crippen LogP contribution in [0.25, 0.3) is 0 Å². The first-order valence-corrected chi connectivity index (χ1v) is 8.63. The van der Waals surface area contributed by atoms with E-state index in [4.69, 9.17) is 10.1 Å². The van der Waals surface area contributed by atoms with Crippen molar-refractivity contribution in [3.05, 3.63) is 58.7 Å². The number of amides is 1. The standard InChI is InChI=1S/C20H27N3O2.ClH/c1-5-16-8-7-9-17(6-2)20(16)23(14-25-4)19(24)13-22-11-10-15(3)12-18(22)21;/h7-12,21H,5-6,13-14H2,1-4H3;1H. The maximum absolute atomic E-state index is 13.0. The molecule has 0 unspecified atom stereocenters. The lowest BCUT2D eigenvalue weighted by molar-refractivity contribution is -0.120. The number of aromatic nitrogens is 1. The predicted molar refractivity (Wildman–Crippen MR) is 107 cm³/mol. The average molecular weight is 378 g/mol. The molecule has 2 aromatic rings. The second kappa shape index (κ2) is 10.1. The number of hydrogen-bond acceptors (Lipinski definition) is 3. The van der Waals surface area contributed by atoms with Crippen molar-refractivity contribution in [3.8, 4) is 0 Å². The van der Waals surface area contributed by atoms with E-state index in [2.05, 4.69) is 26.0 Å². The number of anilines is 1. The second-order valence-electron chi connectivity index (χ2n) is 6.09. The smallest absolute Gasteiger partial charge is 0.248 e. The normalized spacial score (nSPS) is 10.3. The number of benzene rings is 1. The fraction of sp³-hybridized carbons (Fsp3) is 0.400. The van der Waals surface area contributed by atoms with Gasteiger partial charge in [0.2, 0.25) is 5.91 Å². The summed E-state index contributed by atoms with van der Waals surface area (Å²) in [6.45, 7) is 6.42. The van der Waals surface area contributed by atoms with Gasteiger partial charge < -0.3 is 9.30 Å². The van der Waals surface area contributed by atoms with Gasteiger partial charge in [-0.2, -0.15) is 0 Å². The quantitative estimate of drug-likeness (QED) is 0.751. The third-order valence-electron chi connectivity index (χ3n) is 4.29. The molecule has 0 aliphatic heterocycles. The Hall–Kier alpha value is -2.11. The van der Waals surface area contributed by atoms with Crippen molar-refractivity contribution in [1.29, 1.82) is 5.41 Å². The zero-order chi connectivity index (χ0) is 18.4. The first kappa shape index (κ1) is 21.9. The molecule has 0 fully saturated rings. The Morgan fingerprint density at radius 3 is 2.31 bits per heavy atom. The van der Waals surface area contributed by atoms with Crippen LogP contribution in [0.1, 0.15) is 30.5 Å². The minimum Gasteiger partial charge on any atom is -0.364 e. The van der Waals surface area contributed by atoms with Gasteiger partial charge in [0.25, 0.3) is 0 Å². The molecule has 1 N–H and O–H groups in total. The summed E-state index contributed by atoms with van der Waals surface area (Å²) in [5, 5.41) is 8.07. The number of methoxy groups -OCH3 is 1. The topological polar surface area (TPSA) is 58.3 Å². The number of pyridine rings is 1. The van der Waals surface area contributed by atoms with Crippen molar-refractivity contribution in [2.45, 2.75) is 40.2 Å². The summed E-state index contributed by atoms with van der Waals surface area (Å²) < 4.78 is 6.97. The largest absolute Gasteiger partial charge is 0.364 e. The maximum atomic E-state index is 13.0. The van der Waals surface area contributed by atoms with Crippen LogP contribution in [0.5, 0.6) is 0 Å². The number of aryl methyl sites for hydroxylation is 3. The third kappa shape index (κ3) is 4.96. The van der Waals surface area contributed by atoms with Crippen LogP contribution in [0.4, 0.5) is 5.69 Å². The van der Waals surface area contributed by atoms with E-state index in [1.165, 1.54) is 0 Å². The first-order chi connectivity index (χ1) is 12.0. The molecule has 0 saturated heterocycles. The highest BCUT2D eigenvalue weighted by Gasteiger charge is 2.21. The molecule has 0 bridgehead atoms. The van der Waals surface area contributed by atoms with E-state index in [0.29, 0.717) is 5.49 Å². The monoisotopic (exact) mass is 377 g/mol. The fourth-order valence-electron chi connectivity index (χ4n) is 2.96. The number of hydrogen-bond donors (Lipinski definition) is 1. The van der Waals surface area contributed by atoms with Gasteiger partial charge in [0.1, 0.15) is 18.8 Å². The van der Waals surface area contributed by atoms with Crippen LogP contribution in [-0.4, -0.2) is 24.3 Å². The van der Waals surface area contributed by atoms with Crippen molar-refractivity contribution in [2.75, 3.05) is 18.7 Å². The Kier molecular flexibility index (Phi) is 8.55. The van der Waals surface area contributed by atoms with Gasteiger partial charge in [0.05, 0.1) is 5.69 Å². The van der Waals surface area contributed by atoms with Crippen LogP contribution in [0, 0.1) is 12.3 Å². The Bertz CT molecular complexity index is 780. The highest BCUT2D eigenvalue weighted by Crippen LogP contribution is 2.27. The molecule has 0 aliphatic rings. The molecule has 0 aliphatic carbocycles. The molecule has 1 heterocycles. The molecule has 0 atom stereocenters. The molecule has 0 spiro atoms. The number of para-hydroxylation sites is 1. The highest BCUT2D eigenvalue weighted by molar-refractivity contribution is 5.94. The highest BCUT2D eigenvalue weighted by atomic mass is 35.5. The van der Waals surface area contributed by atoms with Gasteiger partial charge in [-0.1, -0.05) is 32.0 Å². The van der Waals surface area contributed by atoms with Crippen LogP contribution in [0.15, 0.2) is 36.5 Å². The Labute approximate surface area is 161 Å². The summed E-state index contributed by atoms with van der Waals surface area (Å²) >= 11 is 0. The summed E-state index contributed by atoms with van der Waals surface area (Å²) in [6, 6.07) is 9.81. The van der Waals surface area contributed by atoms with Crippen LogP contribution >= 0.6 is 12.4 Å². The fourth-order valence-corrected chi connectivity index (χ4v) is 2.96. The number of carbonyl (C=O) groups is 1. The van der Waals surface area contributed by atoms with Crippen molar-refractivity contribution in [2.24, 2.45) is 0 Å². The zero-order valence-electron chi connectivity index (χ0n) is 15.9. The lowest BCUT2D eigenvalue weighted by Gasteiger charge is -2.27. The van der Waals surface area contributed by atoms with E-state index in [-0.39, 0.29) is 31.6 Å². The predicted octanol–water partition coefficient (Wildman–Crippen LogP) is 3.46. The van der Waals surface area contributed by atoms with Gasteiger partial charge in [-0.25, -0.2) is 0 Å². The molecule has 5 nitrogen and oxygen atoms in total. The van der Waals surface area contributed by atoms with Crippen LogP contribution in [0.3, 0.4) is 0 Å². The minimum absolute atomic E-state index is 0. The number of nitrogens with zero attached hydrogens (tertiary/aromatic N) is 2. The van der Waals surface area contributed by atoms with E-state index in [1.54, 1.807) is 28.8 Å². The van der Waals surface area contributed by atoms with E-state index < -0.39 is 0 Å². The summed E-state index contributed by atoms with van der Waals surface area (Å²) in [5.74, 6) is -0.0835. The van der Waals surface area contributed by atoms with E-state index in [9.17, 15) is 4.79 Å². The van der Waals surface area contributed by atoms with Crippen molar-refractivity contribution in [1.82, 2.24) is 4.57 Å². The molecule has 1 aromatic heterocycles. The van der Waals surface area contributed by atoms with Crippen LogP contribution in [0.2, 0.25) is 0 Å². The van der Waals surface area contributed by atoms with Gasteiger partial charge in [-0.05, 0) is 48.6 Å². The second-order valence-corrected chi connectivity index (χ2v) is 6.09. The Balaban J connectivity index is 0.00000338. The molecule has 142 valence electrons. The molecule has 6 heteroatoms. The molecule has 0 saturated carbocycles. The van der Waals surface area contributed by atoms with Gasteiger partial charge in [-0.15, -0.1) is 12.4 Å². The molecular weight excluding hydrogens is 350 g/mol. The number of carbonyl (C=O) groups excluding carboxylic acids is 1. The molecule has 1 aromatic carbocycles. The third-order valence-corrected chi connectivity index (χ3v) is 4.29. The van der Waals surface area contributed by atoms with Crippen molar-refractivity contribution < 1.29 is 9.53 Å². The molecule has 2 rings (SSSR count).